The number of hydrogen-bond acceptors (Lipinski definition) is 4. The lowest BCUT2D eigenvalue weighted by Crippen LogP contribution is -2.00. The van der Waals surface area contributed by atoms with Gasteiger partial charge in [0, 0.05) is 54.7 Å². The SMILES string of the molecule is c1ccc(-c2nc(-c3ccccc3)nc(-c3cccc4oc5ccc(-c6ccc7c(c6)c6ccccc6n7-c6cccc7c8ccccc8n(-c8ccccc8)c67)cc5c34)n2)cc1. The number of nitrogens with zero attached hydrogens (tertiary/aromatic N) is 5. The minimum Gasteiger partial charge on any atom is -0.456 e. The Morgan fingerprint density at radius 3 is 1.59 bits per heavy atom. The molecule has 13 aromatic rings. The van der Waals surface area contributed by atoms with Crippen LogP contribution in [-0.2, 0) is 0 Å². The average molecular weight is 806 g/mol. The molecule has 0 amide bonds. The standard InChI is InChI=1S/C57H35N5O/c1-4-16-36(17-5-1)55-58-56(37-18-6-2-7-19-37)60-57(59-55)44-25-15-29-52-53(44)46-35-39(31-33-51(46)63-52)38-30-32-49-45(34-38)42-23-11-13-27-48(42)62(49)50-28-14-24-43-41-22-10-12-26-47(41)61(54(43)50)40-20-8-3-9-21-40/h1-35H. The highest BCUT2D eigenvalue weighted by atomic mass is 16.3. The van der Waals surface area contributed by atoms with Gasteiger partial charge in [0.25, 0.3) is 0 Å². The zero-order chi connectivity index (χ0) is 41.4. The Morgan fingerprint density at radius 2 is 0.873 bits per heavy atom. The molecule has 9 aromatic carbocycles. The van der Waals surface area contributed by atoms with Gasteiger partial charge in [-0.05, 0) is 71.8 Å². The van der Waals surface area contributed by atoms with Crippen molar-refractivity contribution in [3.05, 3.63) is 212 Å². The number of fused-ring (bicyclic) bond motifs is 9. The number of benzene rings is 9. The third-order valence-corrected chi connectivity index (χ3v) is 12.4. The van der Waals surface area contributed by atoms with Crippen LogP contribution in [0.4, 0.5) is 0 Å². The highest BCUT2D eigenvalue weighted by Gasteiger charge is 2.22. The zero-order valence-electron chi connectivity index (χ0n) is 33.9. The fourth-order valence-electron chi connectivity index (χ4n) is 9.56. The van der Waals surface area contributed by atoms with Crippen LogP contribution in [0.2, 0.25) is 0 Å². The van der Waals surface area contributed by atoms with Crippen LogP contribution >= 0.6 is 0 Å². The van der Waals surface area contributed by atoms with E-state index in [1.54, 1.807) is 0 Å². The second-order valence-electron chi connectivity index (χ2n) is 16.0. The summed E-state index contributed by atoms with van der Waals surface area (Å²) in [5.41, 5.74) is 13.5. The van der Waals surface area contributed by atoms with Gasteiger partial charge in [0.05, 0.1) is 27.8 Å². The van der Waals surface area contributed by atoms with Crippen molar-refractivity contribution in [3.63, 3.8) is 0 Å². The first kappa shape index (κ1) is 35.2. The maximum Gasteiger partial charge on any atom is 0.164 e. The molecule has 6 heteroatoms. The molecular weight excluding hydrogens is 771 g/mol. The average Bonchev–Trinajstić information content (AvgIpc) is 4.02. The molecule has 63 heavy (non-hydrogen) atoms. The van der Waals surface area contributed by atoms with Gasteiger partial charge in [0.15, 0.2) is 17.5 Å². The molecule has 0 bridgehead atoms. The second kappa shape index (κ2) is 14.0. The van der Waals surface area contributed by atoms with Gasteiger partial charge in [-0.3, -0.25) is 0 Å². The summed E-state index contributed by atoms with van der Waals surface area (Å²) in [6.45, 7) is 0. The van der Waals surface area contributed by atoms with Crippen molar-refractivity contribution in [1.82, 2.24) is 24.1 Å². The molecule has 0 aliphatic heterocycles. The molecule has 0 fully saturated rings. The minimum atomic E-state index is 0.594. The van der Waals surface area contributed by atoms with Gasteiger partial charge >= 0.3 is 0 Å². The van der Waals surface area contributed by atoms with E-state index in [4.69, 9.17) is 19.4 Å². The molecular formula is C57H35N5O. The Bertz CT molecular complexity index is 3850. The van der Waals surface area contributed by atoms with Crippen LogP contribution in [0.3, 0.4) is 0 Å². The Labute approximate surface area is 361 Å². The maximum absolute atomic E-state index is 6.54. The van der Waals surface area contributed by atoms with Crippen molar-refractivity contribution in [1.29, 1.82) is 0 Å². The van der Waals surface area contributed by atoms with Crippen molar-refractivity contribution in [3.8, 4) is 56.7 Å². The van der Waals surface area contributed by atoms with Gasteiger partial charge < -0.3 is 13.6 Å². The lowest BCUT2D eigenvalue weighted by atomic mass is 9.99. The van der Waals surface area contributed by atoms with Crippen molar-refractivity contribution in [2.75, 3.05) is 0 Å². The van der Waals surface area contributed by atoms with Gasteiger partial charge in [-0.25, -0.2) is 15.0 Å². The van der Waals surface area contributed by atoms with E-state index in [9.17, 15) is 0 Å². The van der Waals surface area contributed by atoms with Gasteiger partial charge in [0.2, 0.25) is 0 Å². The second-order valence-corrected chi connectivity index (χ2v) is 16.0. The summed E-state index contributed by atoms with van der Waals surface area (Å²) in [4.78, 5) is 15.1. The van der Waals surface area contributed by atoms with Crippen molar-refractivity contribution in [2.24, 2.45) is 0 Å². The largest absolute Gasteiger partial charge is 0.456 e. The van der Waals surface area contributed by atoms with Crippen molar-refractivity contribution in [2.45, 2.75) is 0 Å². The Kier molecular flexibility index (Phi) is 7.80. The summed E-state index contributed by atoms with van der Waals surface area (Å²) in [6.07, 6.45) is 0. The summed E-state index contributed by atoms with van der Waals surface area (Å²) < 4.78 is 11.4. The van der Waals surface area contributed by atoms with Gasteiger partial charge in [-0.2, -0.15) is 0 Å². The van der Waals surface area contributed by atoms with E-state index in [2.05, 4.69) is 149 Å². The molecule has 4 aromatic heterocycles. The molecule has 0 unspecified atom stereocenters. The molecule has 0 aliphatic rings. The highest BCUT2D eigenvalue weighted by Crippen LogP contribution is 2.42. The summed E-state index contributed by atoms with van der Waals surface area (Å²) in [5, 5.41) is 6.81. The lowest BCUT2D eigenvalue weighted by molar-refractivity contribution is 0.669. The van der Waals surface area contributed by atoms with Gasteiger partial charge in [-0.15, -0.1) is 0 Å². The molecule has 4 heterocycles. The van der Waals surface area contributed by atoms with Crippen LogP contribution in [0.1, 0.15) is 0 Å². The summed E-state index contributed by atoms with van der Waals surface area (Å²) in [6, 6.07) is 74.5. The predicted octanol–water partition coefficient (Wildman–Crippen LogP) is 14.6. The first-order valence-corrected chi connectivity index (χ1v) is 21.2. The van der Waals surface area contributed by atoms with Crippen LogP contribution < -0.4 is 0 Å². The summed E-state index contributed by atoms with van der Waals surface area (Å²) in [7, 11) is 0. The van der Waals surface area contributed by atoms with Gasteiger partial charge in [-0.1, -0.05) is 152 Å². The van der Waals surface area contributed by atoms with Crippen LogP contribution in [0.15, 0.2) is 217 Å². The van der Waals surface area contributed by atoms with Crippen LogP contribution in [0.5, 0.6) is 0 Å². The number of para-hydroxylation sites is 4. The molecule has 6 nitrogen and oxygen atoms in total. The normalized spacial score (nSPS) is 11.8. The third-order valence-electron chi connectivity index (χ3n) is 12.4. The maximum atomic E-state index is 6.54. The van der Waals surface area contributed by atoms with Crippen LogP contribution in [0.25, 0.3) is 122 Å². The molecule has 0 N–H and O–H groups in total. The van der Waals surface area contributed by atoms with E-state index < -0.39 is 0 Å². The first-order valence-electron chi connectivity index (χ1n) is 21.2. The quantitative estimate of drug-likeness (QED) is 0.168. The molecule has 0 radical (unpaired) electrons. The summed E-state index contributed by atoms with van der Waals surface area (Å²) in [5.74, 6) is 1.84. The zero-order valence-corrected chi connectivity index (χ0v) is 33.9. The molecule has 0 saturated carbocycles. The van der Waals surface area contributed by atoms with Crippen LogP contribution in [-0.4, -0.2) is 24.1 Å². The molecule has 0 spiro atoms. The van der Waals surface area contributed by atoms with E-state index in [0.717, 1.165) is 72.2 Å². The third kappa shape index (κ3) is 5.55. The summed E-state index contributed by atoms with van der Waals surface area (Å²) >= 11 is 0. The smallest absolute Gasteiger partial charge is 0.164 e. The minimum absolute atomic E-state index is 0.594. The van der Waals surface area contributed by atoms with E-state index in [1.165, 1.54) is 32.6 Å². The Balaban J connectivity index is 0.998. The fraction of sp³-hybridized carbons (Fsp3) is 0. The number of aromatic nitrogens is 5. The Hall–Kier alpha value is -8.61. The monoisotopic (exact) mass is 805 g/mol. The molecule has 294 valence electrons. The lowest BCUT2D eigenvalue weighted by Gasteiger charge is -2.14. The van der Waals surface area contributed by atoms with Gasteiger partial charge in [0.1, 0.15) is 11.2 Å². The predicted molar refractivity (Wildman–Crippen MR) is 258 cm³/mol. The van der Waals surface area contributed by atoms with Crippen molar-refractivity contribution >= 4 is 65.6 Å². The molecule has 13 rings (SSSR count). The van der Waals surface area contributed by atoms with E-state index in [-0.39, 0.29) is 0 Å². The number of hydrogen-bond donors (Lipinski definition) is 0. The fourth-order valence-corrected chi connectivity index (χ4v) is 9.56. The number of furan rings is 1. The van der Waals surface area contributed by atoms with E-state index in [1.807, 2.05) is 72.8 Å². The van der Waals surface area contributed by atoms with Crippen LogP contribution in [0, 0.1) is 0 Å². The van der Waals surface area contributed by atoms with Crippen molar-refractivity contribution < 1.29 is 4.42 Å². The highest BCUT2D eigenvalue weighted by molar-refractivity contribution is 6.16. The first-order chi connectivity index (χ1) is 31.2. The molecule has 0 saturated heterocycles. The topological polar surface area (TPSA) is 61.7 Å². The number of rotatable bonds is 6. The van der Waals surface area contributed by atoms with E-state index in [0.29, 0.717) is 17.5 Å². The Morgan fingerprint density at radius 1 is 0.333 bits per heavy atom. The molecule has 0 aliphatic carbocycles. The molecule has 0 atom stereocenters. The van der Waals surface area contributed by atoms with E-state index >= 15 is 0 Å².